The molecule has 2 heterocycles. The molecule has 2 fully saturated rings. The minimum absolute atomic E-state index is 0.0376. The average Bonchev–Trinajstić information content (AvgIpc) is 3.52. The minimum Gasteiger partial charge on any atom is -0.472 e. The smallest absolute Gasteiger partial charge is 0.255 e. The number of fused-ring (bicyclic) bond motifs is 2. The molecule has 31 heavy (non-hydrogen) atoms. The average molecular weight is 421 g/mol. The molecule has 1 aliphatic heterocycles. The predicted molar refractivity (Wildman–Crippen MR) is 123 cm³/mol. The highest BCUT2D eigenvalue weighted by molar-refractivity contribution is 5.94. The third-order valence-corrected chi connectivity index (χ3v) is 8.51. The van der Waals surface area contributed by atoms with Crippen LogP contribution in [-0.4, -0.2) is 29.9 Å². The summed E-state index contributed by atoms with van der Waals surface area (Å²) >= 11 is 0. The van der Waals surface area contributed by atoms with E-state index in [1.165, 1.54) is 69.0 Å². The van der Waals surface area contributed by atoms with Gasteiger partial charge in [-0.1, -0.05) is 44.5 Å². The molecule has 4 atom stereocenters. The van der Waals surface area contributed by atoms with E-state index in [1.54, 1.807) is 12.3 Å². The van der Waals surface area contributed by atoms with Gasteiger partial charge in [-0.3, -0.25) is 4.79 Å². The third-order valence-electron chi connectivity index (χ3n) is 8.51. The molecule has 0 radical (unpaired) electrons. The summed E-state index contributed by atoms with van der Waals surface area (Å²) in [6.07, 6.45) is 12.0. The fourth-order valence-corrected chi connectivity index (χ4v) is 6.91. The Labute approximate surface area is 186 Å². The van der Waals surface area contributed by atoms with E-state index in [9.17, 15) is 4.79 Å². The lowest BCUT2D eigenvalue weighted by Crippen LogP contribution is -2.48. The van der Waals surface area contributed by atoms with Gasteiger partial charge < -0.3 is 14.6 Å². The van der Waals surface area contributed by atoms with Gasteiger partial charge in [0.2, 0.25) is 0 Å². The highest BCUT2D eigenvalue weighted by atomic mass is 16.3. The Morgan fingerprint density at radius 1 is 1.23 bits per heavy atom. The Bertz CT molecular complexity index is 898. The Kier molecular flexibility index (Phi) is 5.68. The van der Waals surface area contributed by atoms with Gasteiger partial charge in [0.25, 0.3) is 5.91 Å². The highest BCUT2D eigenvalue weighted by Gasteiger charge is 2.47. The molecule has 2 aliphatic carbocycles. The van der Waals surface area contributed by atoms with Gasteiger partial charge in [-0.25, -0.2) is 0 Å². The standard InChI is InChI=1S/C27H36N2O2/c1-3-25(20-9-8-19(2)16-20)29-13-11-27(12-14-29)17-24(22-6-4-5-7-23(22)27)28-26(30)21-10-15-31-18-21/h4-7,10,15,18-20,24-25H,3,8-9,11-14,16-17H2,1-2H3,(H,28,30)/t19-,20-,24+,25-/m1/s1. The van der Waals surface area contributed by atoms with Crippen molar-refractivity contribution in [2.45, 2.75) is 76.3 Å². The molecule has 1 spiro atoms. The first kappa shape index (κ1) is 20.8. The van der Waals surface area contributed by atoms with E-state index in [0.717, 1.165) is 24.3 Å². The number of nitrogens with one attached hydrogen (secondary N) is 1. The molecular weight excluding hydrogens is 384 g/mol. The first-order valence-electron chi connectivity index (χ1n) is 12.3. The first-order chi connectivity index (χ1) is 15.1. The van der Waals surface area contributed by atoms with E-state index in [2.05, 4.69) is 48.3 Å². The number of hydrogen-bond donors (Lipinski definition) is 1. The molecule has 0 unspecified atom stereocenters. The summed E-state index contributed by atoms with van der Waals surface area (Å²) in [6, 6.07) is 11.4. The summed E-state index contributed by atoms with van der Waals surface area (Å²) in [5.41, 5.74) is 3.58. The zero-order valence-corrected chi connectivity index (χ0v) is 19.0. The molecule has 1 amide bonds. The lowest BCUT2D eigenvalue weighted by atomic mass is 9.73. The quantitative estimate of drug-likeness (QED) is 0.674. The molecule has 4 heteroatoms. The Morgan fingerprint density at radius 3 is 2.71 bits per heavy atom. The van der Waals surface area contributed by atoms with E-state index >= 15 is 0 Å². The number of furan rings is 1. The number of nitrogens with zero attached hydrogens (tertiary/aromatic N) is 1. The molecule has 1 saturated heterocycles. The summed E-state index contributed by atoms with van der Waals surface area (Å²) in [7, 11) is 0. The summed E-state index contributed by atoms with van der Waals surface area (Å²) in [5.74, 6) is 1.74. The molecule has 1 saturated carbocycles. The largest absolute Gasteiger partial charge is 0.472 e. The maximum atomic E-state index is 12.7. The highest BCUT2D eigenvalue weighted by Crippen LogP contribution is 2.51. The zero-order chi connectivity index (χ0) is 21.4. The van der Waals surface area contributed by atoms with Crippen molar-refractivity contribution in [1.82, 2.24) is 10.2 Å². The number of amides is 1. The first-order valence-corrected chi connectivity index (χ1v) is 12.3. The Balaban J connectivity index is 1.31. The number of carbonyl (C=O) groups is 1. The van der Waals surface area contributed by atoms with Crippen molar-refractivity contribution < 1.29 is 9.21 Å². The van der Waals surface area contributed by atoms with Crippen LogP contribution in [0.5, 0.6) is 0 Å². The van der Waals surface area contributed by atoms with Crippen molar-refractivity contribution in [3.63, 3.8) is 0 Å². The van der Waals surface area contributed by atoms with Gasteiger partial charge in [0.05, 0.1) is 17.9 Å². The summed E-state index contributed by atoms with van der Waals surface area (Å²) in [6.45, 7) is 7.16. The third kappa shape index (κ3) is 3.84. The van der Waals surface area contributed by atoms with Gasteiger partial charge in [0.15, 0.2) is 0 Å². The van der Waals surface area contributed by atoms with Crippen LogP contribution in [0.4, 0.5) is 0 Å². The lowest BCUT2D eigenvalue weighted by molar-refractivity contribution is 0.0751. The molecule has 1 aromatic carbocycles. The fraction of sp³-hybridized carbons (Fsp3) is 0.593. The van der Waals surface area contributed by atoms with E-state index in [0.29, 0.717) is 5.56 Å². The number of benzene rings is 1. The van der Waals surface area contributed by atoms with Crippen LogP contribution >= 0.6 is 0 Å². The van der Waals surface area contributed by atoms with Crippen LogP contribution in [0.1, 0.15) is 86.3 Å². The van der Waals surface area contributed by atoms with Crippen molar-refractivity contribution >= 4 is 5.91 Å². The van der Waals surface area contributed by atoms with Gasteiger partial charge in [0, 0.05) is 11.5 Å². The van der Waals surface area contributed by atoms with Crippen LogP contribution in [0.3, 0.4) is 0 Å². The van der Waals surface area contributed by atoms with Crippen LogP contribution in [0.2, 0.25) is 0 Å². The SMILES string of the molecule is CC[C@H]([C@@H]1CC[C@@H](C)C1)N1CCC2(CC1)C[C@H](NC(=O)c1ccoc1)c1ccccc12. The Morgan fingerprint density at radius 2 is 2.03 bits per heavy atom. The van der Waals surface area contributed by atoms with Crippen LogP contribution in [0.15, 0.2) is 47.3 Å². The lowest BCUT2D eigenvalue weighted by Gasteiger charge is -2.45. The monoisotopic (exact) mass is 420 g/mol. The van der Waals surface area contributed by atoms with Crippen LogP contribution in [0, 0.1) is 11.8 Å². The predicted octanol–water partition coefficient (Wildman–Crippen LogP) is 5.70. The molecule has 1 aromatic heterocycles. The topological polar surface area (TPSA) is 45.5 Å². The number of rotatable bonds is 5. The maximum Gasteiger partial charge on any atom is 0.255 e. The zero-order valence-electron chi connectivity index (χ0n) is 19.0. The maximum absolute atomic E-state index is 12.7. The van der Waals surface area contributed by atoms with Gasteiger partial charge in [-0.05, 0) is 80.6 Å². The Hall–Kier alpha value is -2.07. The second-order valence-corrected chi connectivity index (χ2v) is 10.3. The molecule has 3 aliphatic rings. The van der Waals surface area contributed by atoms with Gasteiger partial charge >= 0.3 is 0 Å². The summed E-state index contributed by atoms with van der Waals surface area (Å²) < 4.78 is 5.11. The van der Waals surface area contributed by atoms with E-state index in [-0.39, 0.29) is 17.4 Å². The van der Waals surface area contributed by atoms with E-state index in [1.807, 2.05) is 0 Å². The fourth-order valence-electron chi connectivity index (χ4n) is 6.91. The van der Waals surface area contributed by atoms with Crippen LogP contribution in [0.25, 0.3) is 0 Å². The summed E-state index contributed by atoms with van der Waals surface area (Å²) in [4.78, 5) is 15.5. The molecule has 2 aromatic rings. The second kappa shape index (κ2) is 8.46. The van der Waals surface area contributed by atoms with Crippen LogP contribution in [-0.2, 0) is 5.41 Å². The second-order valence-electron chi connectivity index (χ2n) is 10.3. The summed E-state index contributed by atoms with van der Waals surface area (Å²) in [5, 5.41) is 3.29. The van der Waals surface area contributed by atoms with Crippen molar-refractivity contribution in [3.8, 4) is 0 Å². The van der Waals surface area contributed by atoms with Gasteiger partial charge in [-0.2, -0.15) is 0 Å². The number of hydrogen-bond acceptors (Lipinski definition) is 3. The van der Waals surface area contributed by atoms with Crippen molar-refractivity contribution in [2.75, 3.05) is 13.1 Å². The van der Waals surface area contributed by atoms with Gasteiger partial charge in [-0.15, -0.1) is 0 Å². The minimum atomic E-state index is -0.0376. The number of carbonyl (C=O) groups excluding carboxylic acids is 1. The molecular formula is C27H36N2O2. The molecule has 0 bridgehead atoms. The molecule has 5 rings (SSSR count). The van der Waals surface area contributed by atoms with E-state index in [4.69, 9.17) is 4.42 Å². The molecule has 4 nitrogen and oxygen atoms in total. The van der Waals surface area contributed by atoms with Gasteiger partial charge in [0.1, 0.15) is 6.26 Å². The van der Waals surface area contributed by atoms with Crippen molar-refractivity contribution in [3.05, 3.63) is 59.5 Å². The normalized spacial score (nSPS) is 28.5. The molecule has 1 N–H and O–H groups in total. The number of piperidine rings is 1. The van der Waals surface area contributed by atoms with Crippen molar-refractivity contribution in [2.24, 2.45) is 11.8 Å². The van der Waals surface area contributed by atoms with Crippen molar-refractivity contribution in [1.29, 1.82) is 0 Å². The van der Waals surface area contributed by atoms with Crippen LogP contribution < -0.4 is 5.32 Å². The van der Waals surface area contributed by atoms with E-state index < -0.39 is 0 Å². The number of likely N-dealkylation sites (tertiary alicyclic amines) is 1. The molecule has 166 valence electrons.